The van der Waals surface area contributed by atoms with E-state index in [0.29, 0.717) is 20.3 Å². The van der Waals surface area contributed by atoms with Gasteiger partial charge in [0, 0.05) is 50.7 Å². The van der Waals surface area contributed by atoms with Gasteiger partial charge >= 0.3 is 0 Å². The molecule has 0 atom stereocenters. The van der Waals surface area contributed by atoms with Crippen LogP contribution in [0.25, 0.3) is 0 Å². The Balaban J connectivity index is 2.40. The third-order valence-electron chi connectivity index (χ3n) is 5.36. The van der Waals surface area contributed by atoms with Gasteiger partial charge in [0.15, 0.2) is 0 Å². The molecule has 1 aliphatic rings. The minimum absolute atomic E-state index is 0.0341. The topological polar surface area (TPSA) is 3.24 Å². The van der Waals surface area contributed by atoms with Gasteiger partial charge in [0.05, 0.1) is 0 Å². The van der Waals surface area contributed by atoms with E-state index < -0.39 is 68.5 Å². The summed E-state index contributed by atoms with van der Waals surface area (Å²) in [5, 5.41) is 0. The Morgan fingerprint density at radius 2 is 1.07 bits per heavy atom. The van der Waals surface area contributed by atoms with E-state index in [4.69, 9.17) is 24.7 Å². The average molecular weight is 545 g/mol. The zero-order valence-electron chi connectivity index (χ0n) is 33.6. The molecule has 0 saturated heterocycles. The Hall–Kier alpha value is -1.58. The molecule has 3 heteroatoms. The Bertz CT molecular complexity index is 1570. The van der Waals surface area contributed by atoms with Gasteiger partial charge in [-0.25, -0.2) is 0 Å². The van der Waals surface area contributed by atoms with E-state index in [-0.39, 0.29) is 5.69 Å². The SMILES string of the molecule is [2H]C([2H])([2H])C1(C([2H])([2H])[2H])c2ccc(N(c3ccc(Br)cc3)c3ccc(Br)cc3)cc2C(C([2H])([2H])[2H])(C([2H])([2H])[2H])C1(C([2H])([2H])[2H])C([2H])([2H])[2H]. The van der Waals surface area contributed by atoms with Crippen molar-refractivity contribution >= 4 is 48.9 Å². The molecule has 0 aliphatic heterocycles. The van der Waals surface area contributed by atoms with Gasteiger partial charge < -0.3 is 4.90 Å². The van der Waals surface area contributed by atoms with Crippen molar-refractivity contribution in [3.05, 3.63) is 86.8 Å². The van der Waals surface area contributed by atoms with Crippen LogP contribution in [0.15, 0.2) is 75.7 Å². The van der Waals surface area contributed by atoms with Gasteiger partial charge in [-0.2, -0.15) is 0 Å². The highest BCUT2D eigenvalue weighted by molar-refractivity contribution is 9.10. The lowest BCUT2D eigenvalue weighted by Gasteiger charge is -2.44. The Labute approximate surface area is 223 Å². The van der Waals surface area contributed by atoms with Crippen molar-refractivity contribution in [2.45, 2.75) is 51.9 Å². The van der Waals surface area contributed by atoms with E-state index in [2.05, 4.69) is 31.9 Å². The summed E-state index contributed by atoms with van der Waals surface area (Å²) in [6.07, 6.45) is 0. The quantitative estimate of drug-likeness (QED) is 0.317. The summed E-state index contributed by atoms with van der Waals surface area (Å²) >= 11 is 6.70. The van der Waals surface area contributed by atoms with Gasteiger partial charge in [0.1, 0.15) is 0 Å². The van der Waals surface area contributed by atoms with Crippen LogP contribution < -0.4 is 4.90 Å². The zero-order valence-corrected chi connectivity index (χ0v) is 18.7. The van der Waals surface area contributed by atoms with Gasteiger partial charge in [0.25, 0.3) is 0 Å². The molecule has 0 N–H and O–H groups in total. The molecule has 3 aromatic carbocycles. The minimum atomic E-state index is -4.45. The second-order valence-electron chi connectivity index (χ2n) is 7.27. The van der Waals surface area contributed by atoms with Crippen LogP contribution in [0, 0.1) is 5.41 Å². The van der Waals surface area contributed by atoms with Crippen molar-refractivity contribution in [3.63, 3.8) is 0 Å². The summed E-state index contributed by atoms with van der Waals surface area (Å²) in [6, 6.07) is 16.2. The first kappa shape index (κ1) is 8.75. The highest BCUT2D eigenvalue weighted by Crippen LogP contribution is 2.62. The maximum absolute atomic E-state index is 8.70. The van der Waals surface area contributed by atoms with Crippen LogP contribution in [0.1, 0.15) is 76.9 Å². The standard InChI is InChI=1S/C27H29Br2N/c1-25(2)23-16-15-22(17-24(23)26(3,4)27(25,5)6)30(20-11-7-18(28)8-12-20)21-13-9-19(29)10-14-21/h7-17H,1-6H3/i1D3,2D3,3D3,4D3,5D3,6D3. The summed E-state index contributed by atoms with van der Waals surface area (Å²) in [5.41, 5.74) is -13.9. The zero-order chi connectivity index (χ0) is 36.9. The van der Waals surface area contributed by atoms with Gasteiger partial charge in [0.2, 0.25) is 0 Å². The summed E-state index contributed by atoms with van der Waals surface area (Å²) < 4.78 is 157. The molecule has 1 nitrogen and oxygen atoms in total. The van der Waals surface area contributed by atoms with Crippen molar-refractivity contribution in [3.8, 4) is 0 Å². The van der Waals surface area contributed by atoms with Crippen molar-refractivity contribution in [1.82, 2.24) is 0 Å². The minimum Gasteiger partial charge on any atom is -0.310 e. The van der Waals surface area contributed by atoms with Crippen LogP contribution in [0.2, 0.25) is 0 Å². The number of anilines is 3. The molecular weight excluding hydrogens is 498 g/mol. The van der Waals surface area contributed by atoms with Crippen LogP contribution in [-0.2, 0) is 10.8 Å². The predicted octanol–water partition coefficient (Wildman–Crippen LogP) is 9.28. The molecule has 0 saturated carbocycles. The largest absolute Gasteiger partial charge is 0.310 e. The molecular formula is C27H29Br2N. The Kier molecular flexibility index (Phi) is 2.11. The third kappa shape index (κ3) is 3.17. The maximum Gasteiger partial charge on any atom is 0.0464 e. The van der Waals surface area contributed by atoms with Gasteiger partial charge in [-0.15, -0.1) is 0 Å². The molecule has 0 spiro atoms. The van der Waals surface area contributed by atoms with E-state index in [1.807, 2.05) is 0 Å². The maximum atomic E-state index is 8.70. The highest BCUT2D eigenvalue weighted by Gasteiger charge is 2.56. The van der Waals surface area contributed by atoms with Crippen molar-refractivity contribution in [2.24, 2.45) is 5.41 Å². The third-order valence-corrected chi connectivity index (χ3v) is 6.42. The fourth-order valence-corrected chi connectivity index (χ4v) is 4.15. The van der Waals surface area contributed by atoms with Gasteiger partial charge in [-0.05, 0) is 88.0 Å². The molecule has 0 unspecified atom stereocenters. The average Bonchev–Trinajstić information content (AvgIpc) is 3.18. The molecule has 156 valence electrons. The summed E-state index contributed by atoms with van der Waals surface area (Å²) in [4.78, 5) is 1.51. The van der Waals surface area contributed by atoms with Crippen LogP contribution >= 0.6 is 31.9 Å². The number of hydrogen-bond acceptors (Lipinski definition) is 1. The Morgan fingerprint density at radius 1 is 0.600 bits per heavy atom. The van der Waals surface area contributed by atoms with E-state index in [9.17, 15) is 0 Å². The molecule has 0 heterocycles. The van der Waals surface area contributed by atoms with Gasteiger partial charge in [-0.1, -0.05) is 79.0 Å². The molecule has 4 rings (SSSR count). The van der Waals surface area contributed by atoms with Crippen LogP contribution in [0.5, 0.6) is 0 Å². The number of rotatable bonds is 3. The van der Waals surface area contributed by atoms with Crippen LogP contribution in [-0.4, -0.2) is 0 Å². The lowest BCUT2D eigenvalue weighted by Crippen LogP contribution is -2.42. The fourth-order valence-electron chi connectivity index (χ4n) is 3.62. The lowest BCUT2D eigenvalue weighted by atomic mass is 9.59. The molecule has 0 bridgehead atoms. The normalized spacial score (nSPS) is 29.5. The molecule has 0 aromatic heterocycles. The van der Waals surface area contributed by atoms with E-state index in [0.717, 1.165) is 12.1 Å². The second-order valence-corrected chi connectivity index (χ2v) is 9.10. The first-order chi connectivity index (χ1) is 21.5. The lowest BCUT2D eigenvalue weighted by molar-refractivity contribution is 0.125. The smallest absolute Gasteiger partial charge is 0.0464 e. The Morgan fingerprint density at radius 3 is 1.53 bits per heavy atom. The van der Waals surface area contributed by atoms with Crippen LogP contribution in [0.3, 0.4) is 0 Å². The summed E-state index contributed by atoms with van der Waals surface area (Å²) in [5.74, 6) is 0. The first-order valence-electron chi connectivity index (χ1n) is 17.9. The number of nitrogens with zero attached hydrogens (tertiary/aromatic N) is 1. The van der Waals surface area contributed by atoms with Gasteiger partial charge in [-0.3, -0.25) is 0 Å². The number of benzene rings is 3. The van der Waals surface area contributed by atoms with E-state index >= 15 is 0 Å². The highest BCUT2D eigenvalue weighted by atomic mass is 79.9. The molecule has 3 aromatic rings. The molecule has 0 amide bonds. The van der Waals surface area contributed by atoms with Crippen molar-refractivity contribution < 1.29 is 24.7 Å². The summed E-state index contributed by atoms with van der Waals surface area (Å²) in [7, 11) is 0. The molecule has 30 heavy (non-hydrogen) atoms. The number of hydrogen-bond donors (Lipinski definition) is 0. The van der Waals surface area contributed by atoms with Crippen LogP contribution in [0.4, 0.5) is 17.1 Å². The van der Waals surface area contributed by atoms with E-state index in [1.54, 1.807) is 48.5 Å². The first-order valence-corrected chi connectivity index (χ1v) is 10.5. The van der Waals surface area contributed by atoms with Crippen molar-refractivity contribution in [1.29, 1.82) is 0 Å². The fraction of sp³-hybridized carbons (Fsp3) is 0.333. The number of halogens is 2. The predicted molar refractivity (Wildman–Crippen MR) is 136 cm³/mol. The second kappa shape index (κ2) is 7.24. The molecule has 0 radical (unpaired) electrons. The number of fused-ring (bicyclic) bond motifs is 1. The van der Waals surface area contributed by atoms with E-state index in [1.165, 1.54) is 11.0 Å². The van der Waals surface area contributed by atoms with Crippen molar-refractivity contribution in [2.75, 3.05) is 4.90 Å². The molecule has 0 fully saturated rings. The summed E-state index contributed by atoms with van der Waals surface area (Å²) in [6.45, 7) is -25.1. The molecule has 1 aliphatic carbocycles. The monoisotopic (exact) mass is 543 g/mol.